The van der Waals surface area contributed by atoms with Crippen molar-refractivity contribution in [3.05, 3.63) is 35.5 Å². The van der Waals surface area contributed by atoms with E-state index < -0.39 is 6.10 Å². The Kier molecular flexibility index (Phi) is 4.50. The summed E-state index contributed by atoms with van der Waals surface area (Å²) in [6.45, 7) is 6.22. The van der Waals surface area contributed by atoms with Crippen molar-refractivity contribution in [2.45, 2.75) is 33.3 Å². The first-order chi connectivity index (χ1) is 9.61. The minimum Gasteiger partial charge on any atom is -0.485 e. The number of carbonyl (C=O) groups is 1. The van der Waals surface area contributed by atoms with Crippen LogP contribution in [-0.2, 0) is 4.79 Å². The van der Waals surface area contributed by atoms with E-state index in [4.69, 9.17) is 9.47 Å². The molecule has 0 aliphatic carbocycles. The second-order valence-corrected chi connectivity index (χ2v) is 4.81. The molecule has 0 fully saturated rings. The van der Waals surface area contributed by atoms with Crippen LogP contribution in [0.2, 0.25) is 0 Å². The van der Waals surface area contributed by atoms with Crippen LogP contribution >= 0.6 is 0 Å². The lowest BCUT2D eigenvalue weighted by Gasteiger charge is -2.26. The summed E-state index contributed by atoms with van der Waals surface area (Å²) in [6, 6.07) is 7.32. The summed E-state index contributed by atoms with van der Waals surface area (Å²) >= 11 is 0. The van der Waals surface area contributed by atoms with Gasteiger partial charge in [0.2, 0.25) is 6.10 Å². The molecule has 0 saturated carbocycles. The van der Waals surface area contributed by atoms with Crippen molar-refractivity contribution in [3.63, 3.8) is 0 Å². The van der Waals surface area contributed by atoms with Gasteiger partial charge in [-0.15, -0.1) is 0 Å². The van der Waals surface area contributed by atoms with Gasteiger partial charge in [0.15, 0.2) is 11.5 Å². The van der Waals surface area contributed by atoms with Crippen molar-refractivity contribution >= 4 is 5.91 Å². The number of carbonyl (C=O) groups excluding carboxylic acids is 1. The van der Waals surface area contributed by atoms with E-state index in [0.29, 0.717) is 11.5 Å². The van der Waals surface area contributed by atoms with Gasteiger partial charge in [0.1, 0.15) is 6.61 Å². The summed E-state index contributed by atoms with van der Waals surface area (Å²) in [7, 11) is 0. The van der Waals surface area contributed by atoms with Gasteiger partial charge in [0.25, 0.3) is 5.91 Å². The molecule has 5 nitrogen and oxygen atoms in total. The molecule has 1 amide bonds. The third-order valence-corrected chi connectivity index (χ3v) is 3.09. The van der Waals surface area contributed by atoms with Crippen molar-refractivity contribution in [1.29, 1.82) is 0 Å². The lowest BCUT2D eigenvalue weighted by atomic mass is 10.2. The van der Waals surface area contributed by atoms with Crippen molar-refractivity contribution in [1.82, 2.24) is 10.9 Å². The average Bonchev–Trinajstić information content (AvgIpc) is 2.46. The van der Waals surface area contributed by atoms with E-state index in [-0.39, 0.29) is 12.5 Å². The Bertz CT molecular complexity index is 522. The van der Waals surface area contributed by atoms with Crippen LogP contribution in [0, 0.1) is 0 Å². The summed E-state index contributed by atoms with van der Waals surface area (Å²) in [4.78, 5) is 12.0. The molecular formula is C15H20N2O3. The van der Waals surface area contributed by atoms with Crippen LogP contribution in [0.4, 0.5) is 0 Å². The van der Waals surface area contributed by atoms with E-state index in [1.54, 1.807) is 6.07 Å². The Balaban J connectivity index is 1.94. The highest BCUT2D eigenvalue weighted by molar-refractivity contribution is 5.81. The predicted octanol–water partition coefficient (Wildman–Crippen LogP) is 2.15. The maximum Gasteiger partial charge on any atom is 0.282 e. The van der Waals surface area contributed by atoms with Crippen molar-refractivity contribution in [2.24, 2.45) is 0 Å². The van der Waals surface area contributed by atoms with Crippen LogP contribution in [-0.4, -0.2) is 18.6 Å². The molecule has 0 radical (unpaired) electrons. The van der Waals surface area contributed by atoms with Gasteiger partial charge in [-0.05, 0) is 32.4 Å². The number of hydrazine groups is 1. The first-order valence-corrected chi connectivity index (χ1v) is 6.72. The molecule has 1 aromatic rings. The SMILES string of the molecule is CCC(NNC(=O)[C@@H]1COc2ccccc2O1)=C(C)C. The number of hydrogen-bond acceptors (Lipinski definition) is 4. The van der Waals surface area contributed by atoms with Crippen LogP contribution in [0.3, 0.4) is 0 Å². The maximum atomic E-state index is 12.0. The molecule has 1 heterocycles. The van der Waals surface area contributed by atoms with Crippen LogP contribution in [0.5, 0.6) is 11.5 Å². The van der Waals surface area contributed by atoms with Gasteiger partial charge in [-0.1, -0.05) is 24.6 Å². The molecule has 0 aromatic heterocycles. The molecule has 2 N–H and O–H groups in total. The van der Waals surface area contributed by atoms with Crippen LogP contribution < -0.4 is 20.3 Å². The highest BCUT2D eigenvalue weighted by Gasteiger charge is 2.27. The topological polar surface area (TPSA) is 59.6 Å². The quantitative estimate of drug-likeness (QED) is 0.827. The third-order valence-electron chi connectivity index (χ3n) is 3.09. The number of nitrogens with one attached hydrogen (secondary N) is 2. The molecule has 0 saturated heterocycles. The zero-order valence-electron chi connectivity index (χ0n) is 12.0. The van der Waals surface area contributed by atoms with Crippen molar-refractivity contribution < 1.29 is 14.3 Å². The Morgan fingerprint density at radius 2 is 1.95 bits per heavy atom. The number of allylic oxidation sites excluding steroid dienone is 2. The summed E-state index contributed by atoms with van der Waals surface area (Å²) in [5, 5.41) is 0. The Labute approximate surface area is 118 Å². The van der Waals surface area contributed by atoms with Crippen LogP contribution in [0.1, 0.15) is 27.2 Å². The number of rotatable bonds is 4. The van der Waals surface area contributed by atoms with Crippen LogP contribution in [0.15, 0.2) is 35.5 Å². The van der Waals surface area contributed by atoms with Gasteiger partial charge in [0, 0.05) is 5.70 Å². The minimum atomic E-state index is -0.646. The van der Waals surface area contributed by atoms with E-state index >= 15 is 0 Å². The zero-order chi connectivity index (χ0) is 14.5. The van der Waals surface area contributed by atoms with Crippen molar-refractivity contribution in [3.8, 4) is 11.5 Å². The molecule has 1 aromatic carbocycles. The highest BCUT2D eigenvalue weighted by atomic mass is 16.6. The predicted molar refractivity (Wildman–Crippen MR) is 76.3 cm³/mol. The lowest BCUT2D eigenvalue weighted by Crippen LogP contribution is -2.48. The summed E-state index contributed by atoms with van der Waals surface area (Å²) in [6.07, 6.45) is 0.181. The van der Waals surface area contributed by atoms with Gasteiger partial charge in [-0.2, -0.15) is 0 Å². The van der Waals surface area contributed by atoms with E-state index in [0.717, 1.165) is 17.7 Å². The fraction of sp³-hybridized carbons (Fsp3) is 0.400. The molecule has 1 aliphatic rings. The largest absolute Gasteiger partial charge is 0.485 e. The molecule has 5 heteroatoms. The molecule has 1 atom stereocenters. The molecule has 20 heavy (non-hydrogen) atoms. The third kappa shape index (κ3) is 3.23. The first-order valence-electron chi connectivity index (χ1n) is 6.72. The summed E-state index contributed by atoms with van der Waals surface area (Å²) in [5.74, 6) is 1.02. The second kappa shape index (κ2) is 6.32. The number of ether oxygens (including phenoxy) is 2. The number of fused-ring (bicyclic) bond motifs is 1. The Hall–Kier alpha value is -2.17. The maximum absolute atomic E-state index is 12.0. The van der Waals surface area contributed by atoms with E-state index in [1.165, 1.54) is 0 Å². The fourth-order valence-corrected chi connectivity index (χ4v) is 1.93. The Morgan fingerprint density at radius 3 is 2.60 bits per heavy atom. The number of hydrogen-bond donors (Lipinski definition) is 2. The van der Waals surface area contributed by atoms with E-state index in [2.05, 4.69) is 10.9 Å². The summed E-state index contributed by atoms with van der Waals surface area (Å²) < 4.78 is 11.1. The molecular weight excluding hydrogens is 256 g/mol. The molecule has 1 aliphatic heterocycles. The minimum absolute atomic E-state index is 0.209. The van der Waals surface area contributed by atoms with E-state index in [1.807, 2.05) is 39.0 Å². The smallest absolute Gasteiger partial charge is 0.282 e. The zero-order valence-corrected chi connectivity index (χ0v) is 12.0. The normalized spacial score (nSPS) is 16.2. The molecule has 0 unspecified atom stereocenters. The van der Waals surface area contributed by atoms with Gasteiger partial charge in [0.05, 0.1) is 0 Å². The van der Waals surface area contributed by atoms with Gasteiger partial charge in [-0.25, -0.2) is 0 Å². The first kappa shape index (κ1) is 14.2. The van der Waals surface area contributed by atoms with Crippen LogP contribution in [0.25, 0.3) is 0 Å². The molecule has 0 spiro atoms. The molecule has 2 rings (SSSR count). The number of amides is 1. The molecule has 108 valence electrons. The van der Waals surface area contributed by atoms with E-state index in [9.17, 15) is 4.79 Å². The monoisotopic (exact) mass is 276 g/mol. The van der Waals surface area contributed by atoms with Crippen molar-refractivity contribution in [2.75, 3.05) is 6.61 Å². The second-order valence-electron chi connectivity index (χ2n) is 4.81. The standard InChI is InChI=1S/C15H20N2O3/c1-4-11(10(2)3)16-17-15(18)14-9-19-12-7-5-6-8-13(12)20-14/h5-8,14,16H,4,9H2,1-3H3,(H,17,18)/t14-/m0/s1. The Morgan fingerprint density at radius 1 is 1.25 bits per heavy atom. The average molecular weight is 276 g/mol. The number of benzene rings is 1. The van der Waals surface area contributed by atoms with Gasteiger partial charge < -0.3 is 14.9 Å². The van der Waals surface area contributed by atoms with Gasteiger partial charge >= 0.3 is 0 Å². The van der Waals surface area contributed by atoms with Gasteiger partial charge in [-0.3, -0.25) is 10.2 Å². The lowest BCUT2D eigenvalue weighted by molar-refractivity contribution is -0.131. The number of para-hydroxylation sites is 2. The fourth-order valence-electron chi connectivity index (χ4n) is 1.93. The highest BCUT2D eigenvalue weighted by Crippen LogP contribution is 2.30. The summed E-state index contributed by atoms with van der Waals surface area (Å²) in [5.41, 5.74) is 7.73. The molecule has 0 bridgehead atoms.